The summed E-state index contributed by atoms with van der Waals surface area (Å²) < 4.78 is 82.2. The van der Waals surface area contributed by atoms with Crippen molar-refractivity contribution in [3.05, 3.63) is 62.9 Å². The first kappa shape index (κ1) is 31.4. The Bertz CT molecular complexity index is 1550. The molecule has 234 valence electrons. The number of rotatable bonds is 9. The third-order valence-electron chi connectivity index (χ3n) is 7.50. The molecule has 0 saturated carbocycles. The second-order valence-electron chi connectivity index (χ2n) is 10.6. The van der Waals surface area contributed by atoms with Gasteiger partial charge < -0.3 is 18.6 Å². The molecule has 1 saturated heterocycles. The number of hydrogen-bond acceptors (Lipinski definition) is 9. The molecule has 2 aliphatic rings. The Morgan fingerprint density at radius 3 is 2.63 bits per heavy atom. The average molecular weight is 643 g/mol. The van der Waals surface area contributed by atoms with E-state index >= 15 is 0 Å². The predicted molar refractivity (Wildman–Crippen MR) is 151 cm³/mol. The second-order valence-corrected chi connectivity index (χ2v) is 13.2. The van der Waals surface area contributed by atoms with Crippen molar-refractivity contribution in [1.82, 2.24) is 19.7 Å². The van der Waals surface area contributed by atoms with E-state index in [9.17, 15) is 26.4 Å². The van der Waals surface area contributed by atoms with Gasteiger partial charge in [-0.1, -0.05) is 25.5 Å². The van der Waals surface area contributed by atoms with Crippen LogP contribution in [0.4, 0.5) is 13.2 Å². The number of aryl methyl sites for hydroxylation is 1. The number of fused-ring (bicyclic) bond motifs is 1. The summed E-state index contributed by atoms with van der Waals surface area (Å²) in [6, 6.07) is 6.12. The first-order valence-electron chi connectivity index (χ1n) is 14.0. The molecule has 2 aromatic heterocycles. The van der Waals surface area contributed by atoms with Gasteiger partial charge in [-0.25, -0.2) is 4.98 Å². The molecule has 0 radical (unpaired) electrons. The Morgan fingerprint density at radius 2 is 1.93 bits per heavy atom. The van der Waals surface area contributed by atoms with Crippen LogP contribution in [0.5, 0.6) is 5.75 Å². The van der Waals surface area contributed by atoms with Crippen molar-refractivity contribution < 1.29 is 40.0 Å². The zero-order valence-electron chi connectivity index (χ0n) is 23.8. The molecule has 4 heterocycles. The number of likely N-dealkylation sites (tertiary alicyclic amines) is 1. The zero-order chi connectivity index (χ0) is 30.8. The Kier molecular flexibility index (Phi) is 9.44. The van der Waals surface area contributed by atoms with Crippen molar-refractivity contribution in [2.45, 2.75) is 77.7 Å². The van der Waals surface area contributed by atoms with Gasteiger partial charge in [0.2, 0.25) is 12.2 Å². The molecular formula is C28H33F3N4O6S2. The van der Waals surface area contributed by atoms with E-state index in [1.807, 2.05) is 18.4 Å². The Labute approximate surface area is 251 Å². The van der Waals surface area contributed by atoms with E-state index in [0.717, 1.165) is 27.7 Å². The van der Waals surface area contributed by atoms with Crippen molar-refractivity contribution in [2.75, 3.05) is 18.8 Å². The summed E-state index contributed by atoms with van der Waals surface area (Å²) >= 11 is 1.48. The van der Waals surface area contributed by atoms with Crippen molar-refractivity contribution in [1.29, 1.82) is 0 Å². The van der Waals surface area contributed by atoms with Crippen LogP contribution in [-0.2, 0) is 50.3 Å². The minimum Gasteiger partial charge on any atom is -0.382 e. The van der Waals surface area contributed by atoms with Crippen LogP contribution in [0.1, 0.15) is 78.0 Å². The standard InChI is InChI=1S/C28H33F3N4O6S2/c1-3-4-12-43(37,38)41-23-7-5-6-20-15-39-27(40-16-21(20)23)22-17-42-26(32-22)19-8-10-34(11-9-19)25(36)14-35-18(2)13-24(33-35)28(29,30)31/h5-7,13,17,19,27H,3-4,8-12,14-16H2,1-2H3. The van der Waals surface area contributed by atoms with Crippen molar-refractivity contribution in [2.24, 2.45) is 0 Å². The summed E-state index contributed by atoms with van der Waals surface area (Å²) in [4.78, 5) is 19.2. The lowest BCUT2D eigenvalue weighted by molar-refractivity contribution is -0.155. The highest BCUT2D eigenvalue weighted by atomic mass is 32.2. The molecular weight excluding hydrogens is 609 g/mol. The van der Waals surface area contributed by atoms with Crippen LogP contribution in [0, 0.1) is 6.92 Å². The van der Waals surface area contributed by atoms with Gasteiger partial charge in [0.25, 0.3) is 0 Å². The molecule has 0 spiro atoms. The lowest BCUT2D eigenvalue weighted by Crippen LogP contribution is -2.40. The number of carbonyl (C=O) groups excluding carboxylic acids is 1. The predicted octanol–water partition coefficient (Wildman–Crippen LogP) is 5.33. The maximum atomic E-state index is 13.0. The maximum absolute atomic E-state index is 13.0. The van der Waals surface area contributed by atoms with E-state index < -0.39 is 28.3 Å². The number of benzene rings is 1. The van der Waals surface area contributed by atoms with E-state index in [0.29, 0.717) is 43.6 Å². The average Bonchev–Trinajstić information content (AvgIpc) is 3.53. The minimum absolute atomic E-state index is 0.0609. The van der Waals surface area contributed by atoms with E-state index in [2.05, 4.69) is 5.10 Å². The maximum Gasteiger partial charge on any atom is 0.435 e. The summed E-state index contributed by atoms with van der Waals surface area (Å²) in [5.74, 6) is 0.0119. The fraction of sp³-hybridized carbons (Fsp3) is 0.536. The molecule has 3 aromatic rings. The first-order valence-corrected chi connectivity index (χ1v) is 16.5. The number of hydrogen-bond donors (Lipinski definition) is 0. The normalized spacial score (nSPS) is 18.3. The summed E-state index contributed by atoms with van der Waals surface area (Å²) in [7, 11) is -3.73. The lowest BCUT2D eigenvalue weighted by Gasteiger charge is -2.31. The number of ether oxygens (including phenoxy) is 2. The summed E-state index contributed by atoms with van der Waals surface area (Å²) in [6.07, 6.45) is -2.73. The van der Waals surface area contributed by atoms with Crippen LogP contribution in [0.2, 0.25) is 0 Å². The number of aromatic nitrogens is 3. The second kappa shape index (κ2) is 12.9. The van der Waals surface area contributed by atoms with E-state index in [4.69, 9.17) is 18.6 Å². The fourth-order valence-corrected chi connectivity index (χ4v) is 7.19. The number of unbranched alkanes of at least 4 members (excludes halogenated alkanes) is 1. The smallest absolute Gasteiger partial charge is 0.382 e. The van der Waals surface area contributed by atoms with Crippen LogP contribution in [0.3, 0.4) is 0 Å². The Morgan fingerprint density at radius 1 is 1.19 bits per heavy atom. The third-order valence-corrected chi connectivity index (χ3v) is 9.75. The summed E-state index contributed by atoms with van der Waals surface area (Å²) in [5.41, 5.74) is 1.28. The highest BCUT2D eigenvalue weighted by Gasteiger charge is 2.35. The zero-order valence-corrected chi connectivity index (χ0v) is 25.4. The van der Waals surface area contributed by atoms with Crippen molar-refractivity contribution in [3.63, 3.8) is 0 Å². The molecule has 1 aromatic carbocycles. The largest absolute Gasteiger partial charge is 0.435 e. The van der Waals surface area contributed by atoms with Crippen molar-refractivity contribution >= 4 is 27.4 Å². The topological polar surface area (TPSA) is 113 Å². The van der Waals surface area contributed by atoms with Gasteiger partial charge in [0.1, 0.15) is 18.0 Å². The van der Waals surface area contributed by atoms with E-state index in [1.54, 1.807) is 17.0 Å². The summed E-state index contributed by atoms with van der Waals surface area (Å²) in [6.45, 7) is 4.36. The number of piperidine rings is 1. The summed E-state index contributed by atoms with van der Waals surface area (Å²) in [5, 5.41) is 6.32. The third kappa shape index (κ3) is 7.56. The number of nitrogens with zero attached hydrogens (tertiary/aromatic N) is 4. The molecule has 15 heteroatoms. The molecule has 1 fully saturated rings. The molecule has 1 unspecified atom stereocenters. The molecule has 0 N–H and O–H groups in total. The first-order chi connectivity index (χ1) is 20.4. The molecule has 43 heavy (non-hydrogen) atoms. The van der Waals surface area contributed by atoms with Gasteiger partial charge in [0, 0.05) is 35.6 Å². The highest BCUT2D eigenvalue weighted by molar-refractivity contribution is 7.87. The van der Waals surface area contributed by atoms with Crippen LogP contribution in [0.25, 0.3) is 0 Å². The minimum atomic E-state index is -4.56. The highest BCUT2D eigenvalue weighted by Crippen LogP contribution is 2.36. The van der Waals surface area contributed by atoms with Gasteiger partial charge in [-0.3, -0.25) is 9.48 Å². The number of thiazole rings is 1. The van der Waals surface area contributed by atoms with Gasteiger partial charge in [-0.2, -0.15) is 26.7 Å². The van der Waals surface area contributed by atoms with Gasteiger partial charge in [0.15, 0.2) is 5.69 Å². The molecule has 1 atom stereocenters. The number of carbonyl (C=O) groups is 1. The molecule has 10 nitrogen and oxygen atoms in total. The SMILES string of the molecule is CCCCS(=O)(=O)Oc1cccc2c1COC(c1csc(C3CCN(C(=O)Cn4nc(C(F)(F)F)cc4C)CC3)n1)OC2. The molecule has 0 aliphatic carbocycles. The van der Waals surface area contributed by atoms with Crippen LogP contribution in [-0.4, -0.2) is 52.8 Å². The van der Waals surface area contributed by atoms with Gasteiger partial charge in [-0.05, 0) is 43.9 Å². The van der Waals surface area contributed by atoms with Gasteiger partial charge in [0.05, 0.1) is 24.0 Å². The Hall–Kier alpha value is -3.01. The molecule has 1 amide bonds. The van der Waals surface area contributed by atoms with Crippen LogP contribution < -0.4 is 4.18 Å². The van der Waals surface area contributed by atoms with Crippen LogP contribution >= 0.6 is 11.3 Å². The van der Waals surface area contributed by atoms with Gasteiger partial charge >= 0.3 is 16.3 Å². The van der Waals surface area contributed by atoms with E-state index in [1.165, 1.54) is 18.3 Å². The molecule has 2 aliphatic heterocycles. The lowest BCUT2D eigenvalue weighted by atomic mass is 9.97. The van der Waals surface area contributed by atoms with E-state index in [-0.39, 0.29) is 48.8 Å². The quantitative estimate of drug-likeness (QED) is 0.288. The van der Waals surface area contributed by atoms with Gasteiger partial charge in [-0.15, -0.1) is 11.3 Å². The Balaban J connectivity index is 1.16. The monoisotopic (exact) mass is 642 g/mol. The van der Waals surface area contributed by atoms with Crippen LogP contribution in [0.15, 0.2) is 29.6 Å². The molecule has 5 rings (SSSR count). The number of halogens is 3. The van der Waals surface area contributed by atoms with Crippen molar-refractivity contribution in [3.8, 4) is 5.75 Å². The fourth-order valence-electron chi connectivity index (χ4n) is 5.04. The number of amides is 1. The number of alkyl halides is 3. The molecule has 0 bridgehead atoms.